The van der Waals surface area contributed by atoms with Crippen molar-refractivity contribution >= 4 is 56.1 Å². The number of rotatable bonds is 4. The molecule has 150 valence electrons. The van der Waals surface area contributed by atoms with E-state index in [2.05, 4.69) is 34.9 Å². The number of ether oxygens (including phenoxy) is 1. The molecule has 0 radical (unpaired) electrons. The Morgan fingerprint density at radius 3 is 2.69 bits per heavy atom. The first-order chi connectivity index (χ1) is 14.2. The standard InChI is InChI=1S/C23H24N2O2S2/c1-2-27-22(26)20-18-10-4-3-5-11-19(18)29-21(20)25-23(28)24-17-13-12-15-8-6-7-9-16(15)14-17/h6-9,12-14H,2-5,10-11H2,1H3,(H2,24,25,28). The van der Waals surface area contributed by atoms with Gasteiger partial charge in [-0.25, -0.2) is 4.79 Å². The van der Waals surface area contributed by atoms with Crippen LogP contribution in [0.2, 0.25) is 0 Å². The molecule has 29 heavy (non-hydrogen) atoms. The van der Waals surface area contributed by atoms with Gasteiger partial charge in [-0.15, -0.1) is 11.3 Å². The van der Waals surface area contributed by atoms with E-state index in [1.807, 2.05) is 25.1 Å². The fourth-order valence-electron chi connectivity index (χ4n) is 3.78. The Hall–Kier alpha value is -2.44. The fourth-order valence-corrected chi connectivity index (χ4v) is 5.35. The van der Waals surface area contributed by atoms with Crippen molar-refractivity contribution in [3.05, 3.63) is 58.5 Å². The van der Waals surface area contributed by atoms with Crippen LogP contribution >= 0.6 is 23.6 Å². The van der Waals surface area contributed by atoms with Crippen molar-refractivity contribution in [2.75, 3.05) is 17.2 Å². The molecule has 0 spiro atoms. The molecule has 1 aliphatic rings. The van der Waals surface area contributed by atoms with Crippen molar-refractivity contribution < 1.29 is 9.53 Å². The van der Waals surface area contributed by atoms with Crippen molar-refractivity contribution in [2.24, 2.45) is 0 Å². The molecule has 0 amide bonds. The van der Waals surface area contributed by atoms with Crippen LogP contribution < -0.4 is 10.6 Å². The van der Waals surface area contributed by atoms with E-state index in [0.717, 1.165) is 47.3 Å². The van der Waals surface area contributed by atoms with Crippen LogP contribution in [0.15, 0.2) is 42.5 Å². The largest absolute Gasteiger partial charge is 0.462 e. The normalized spacial score (nSPS) is 13.4. The zero-order valence-corrected chi connectivity index (χ0v) is 18.1. The van der Waals surface area contributed by atoms with E-state index in [-0.39, 0.29) is 5.97 Å². The number of esters is 1. The summed E-state index contributed by atoms with van der Waals surface area (Å²) in [6.07, 6.45) is 5.41. The van der Waals surface area contributed by atoms with Gasteiger partial charge in [0, 0.05) is 10.6 Å². The number of hydrogen-bond donors (Lipinski definition) is 2. The molecule has 1 heterocycles. The average molecular weight is 425 g/mol. The van der Waals surface area contributed by atoms with E-state index in [4.69, 9.17) is 17.0 Å². The van der Waals surface area contributed by atoms with Gasteiger partial charge in [-0.3, -0.25) is 0 Å². The lowest BCUT2D eigenvalue weighted by molar-refractivity contribution is 0.0527. The molecule has 2 aromatic carbocycles. The number of anilines is 2. The smallest absolute Gasteiger partial charge is 0.341 e. The van der Waals surface area contributed by atoms with Gasteiger partial charge < -0.3 is 15.4 Å². The van der Waals surface area contributed by atoms with E-state index in [1.165, 1.54) is 16.7 Å². The van der Waals surface area contributed by atoms with Crippen LogP contribution in [0.25, 0.3) is 10.8 Å². The highest BCUT2D eigenvalue weighted by molar-refractivity contribution is 7.80. The topological polar surface area (TPSA) is 50.4 Å². The lowest BCUT2D eigenvalue weighted by Gasteiger charge is -2.12. The summed E-state index contributed by atoms with van der Waals surface area (Å²) in [4.78, 5) is 14.0. The molecular formula is C23H24N2O2S2. The molecule has 0 bridgehead atoms. The minimum atomic E-state index is -0.261. The number of benzene rings is 2. The first kappa shape index (κ1) is 19.9. The minimum Gasteiger partial charge on any atom is -0.462 e. The van der Waals surface area contributed by atoms with Crippen molar-refractivity contribution in [1.29, 1.82) is 0 Å². The first-order valence-electron chi connectivity index (χ1n) is 10.0. The van der Waals surface area contributed by atoms with E-state index < -0.39 is 0 Å². The lowest BCUT2D eigenvalue weighted by atomic mass is 10.1. The maximum absolute atomic E-state index is 12.7. The average Bonchev–Trinajstić information content (AvgIpc) is 2.88. The van der Waals surface area contributed by atoms with Crippen molar-refractivity contribution in [3.8, 4) is 0 Å². The molecule has 3 aromatic rings. The zero-order valence-electron chi connectivity index (χ0n) is 16.4. The summed E-state index contributed by atoms with van der Waals surface area (Å²) >= 11 is 7.18. The van der Waals surface area contributed by atoms with Gasteiger partial charge in [0.15, 0.2) is 5.11 Å². The summed E-state index contributed by atoms with van der Waals surface area (Å²) in [7, 11) is 0. The predicted molar refractivity (Wildman–Crippen MR) is 125 cm³/mol. The molecule has 0 saturated carbocycles. The molecule has 1 aromatic heterocycles. The molecular weight excluding hydrogens is 400 g/mol. The second-order valence-electron chi connectivity index (χ2n) is 7.13. The summed E-state index contributed by atoms with van der Waals surface area (Å²) in [6.45, 7) is 2.20. The summed E-state index contributed by atoms with van der Waals surface area (Å²) < 4.78 is 5.35. The molecule has 0 fully saturated rings. The van der Waals surface area contributed by atoms with Crippen molar-refractivity contribution in [2.45, 2.75) is 39.0 Å². The molecule has 0 aliphatic heterocycles. The summed E-state index contributed by atoms with van der Waals surface area (Å²) in [6, 6.07) is 14.3. The SMILES string of the molecule is CCOC(=O)c1c(NC(=S)Nc2ccc3ccccc3c2)sc2c1CCCCC2. The van der Waals surface area contributed by atoms with Gasteiger partial charge in [0.25, 0.3) is 0 Å². The van der Waals surface area contributed by atoms with Gasteiger partial charge in [-0.2, -0.15) is 0 Å². The Labute approximate surface area is 180 Å². The molecule has 0 unspecified atom stereocenters. The number of carbonyl (C=O) groups is 1. The van der Waals surface area contributed by atoms with Gasteiger partial charge in [0.1, 0.15) is 5.00 Å². The number of aryl methyl sites for hydroxylation is 1. The Balaban J connectivity index is 1.57. The Morgan fingerprint density at radius 1 is 1.07 bits per heavy atom. The summed E-state index contributed by atoms with van der Waals surface area (Å²) in [5.74, 6) is -0.261. The Morgan fingerprint density at radius 2 is 1.86 bits per heavy atom. The highest BCUT2D eigenvalue weighted by Crippen LogP contribution is 2.38. The molecule has 4 rings (SSSR count). The van der Waals surface area contributed by atoms with Crippen LogP contribution in [0.5, 0.6) is 0 Å². The molecule has 4 nitrogen and oxygen atoms in total. The highest BCUT2D eigenvalue weighted by Gasteiger charge is 2.26. The van der Waals surface area contributed by atoms with Crippen molar-refractivity contribution in [1.82, 2.24) is 0 Å². The maximum atomic E-state index is 12.7. The molecule has 0 saturated heterocycles. The summed E-state index contributed by atoms with van der Waals surface area (Å²) in [5, 5.41) is 10.1. The van der Waals surface area contributed by atoms with E-state index in [1.54, 1.807) is 11.3 Å². The Kier molecular flexibility index (Phi) is 6.11. The fraction of sp³-hybridized carbons (Fsp3) is 0.304. The second kappa shape index (κ2) is 8.93. The van der Waals surface area contributed by atoms with Gasteiger partial charge in [-0.05, 0) is 73.3 Å². The summed E-state index contributed by atoms with van der Waals surface area (Å²) in [5.41, 5.74) is 2.72. The first-order valence-corrected chi connectivity index (χ1v) is 11.3. The van der Waals surface area contributed by atoms with E-state index in [9.17, 15) is 4.79 Å². The van der Waals surface area contributed by atoms with Crippen LogP contribution in [0.1, 0.15) is 47.0 Å². The third kappa shape index (κ3) is 4.43. The van der Waals surface area contributed by atoms with Gasteiger partial charge in [0.2, 0.25) is 0 Å². The predicted octanol–water partition coefficient (Wildman–Crippen LogP) is 6.16. The quantitative estimate of drug-likeness (QED) is 0.299. The third-order valence-corrected chi connectivity index (χ3v) is 6.55. The highest BCUT2D eigenvalue weighted by atomic mass is 32.1. The van der Waals surface area contributed by atoms with Crippen LogP contribution in [-0.2, 0) is 17.6 Å². The van der Waals surface area contributed by atoms with Crippen LogP contribution in [0.3, 0.4) is 0 Å². The van der Waals surface area contributed by atoms with E-state index >= 15 is 0 Å². The number of hydrogen-bond acceptors (Lipinski definition) is 4. The molecule has 0 atom stereocenters. The van der Waals surface area contributed by atoms with E-state index in [0.29, 0.717) is 17.3 Å². The lowest BCUT2D eigenvalue weighted by Crippen LogP contribution is -2.20. The number of nitrogens with one attached hydrogen (secondary N) is 2. The maximum Gasteiger partial charge on any atom is 0.341 e. The zero-order chi connectivity index (χ0) is 20.2. The molecule has 6 heteroatoms. The van der Waals surface area contributed by atoms with Crippen LogP contribution in [-0.4, -0.2) is 17.7 Å². The second-order valence-corrected chi connectivity index (χ2v) is 8.64. The molecule has 1 aliphatic carbocycles. The molecule has 2 N–H and O–H groups in total. The van der Waals surface area contributed by atoms with Crippen LogP contribution in [0.4, 0.5) is 10.7 Å². The number of carbonyl (C=O) groups excluding carboxylic acids is 1. The number of fused-ring (bicyclic) bond motifs is 2. The monoisotopic (exact) mass is 424 g/mol. The minimum absolute atomic E-state index is 0.261. The van der Waals surface area contributed by atoms with Gasteiger partial charge in [0.05, 0.1) is 12.2 Å². The Bertz CT molecular complexity index is 1060. The van der Waals surface area contributed by atoms with Gasteiger partial charge in [-0.1, -0.05) is 36.8 Å². The van der Waals surface area contributed by atoms with Crippen LogP contribution in [0, 0.1) is 0 Å². The van der Waals surface area contributed by atoms with Gasteiger partial charge >= 0.3 is 5.97 Å². The number of thiocarbonyl (C=S) groups is 1. The third-order valence-electron chi connectivity index (χ3n) is 5.14. The number of thiophene rings is 1. The van der Waals surface area contributed by atoms with Crippen molar-refractivity contribution in [3.63, 3.8) is 0 Å².